The Balaban J connectivity index is 1.58. The number of hydrogen-bond acceptors (Lipinski definition) is 5. The fraction of sp³-hybridized carbons (Fsp3) is 0.333. The third-order valence-corrected chi connectivity index (χ3v) is 4.80. The second-order valence-corrected chi connectivity index (χ2v) is 7.35. The zero-order valence-corrected chi connectivity index (χ0v) is 15.6. The van der Waals surface area contributed by atoms with E-state index in [2.05, 4.69) is 34.8 Å². The van der Waals surface area contributed by atoms with Gasteiger partial charge in [-0.3, -0.25) is 0 Å². The maximum absolute atomic E-state index is 10.4. The Morgan fingerprint density at radius 2 is 2.04 bits per heavy atom. The maximum Gasteiger partial charge on any atom is 0.133 e. The Hall–Kier alpha value is -2.88. The number of para-hydroxylation sites is 2. The van der Waals surface area contributed by atoms with Gasteiger partial charge in [0.15, 0.2) is 0 Å². The Kier molecular flexibility index (Phi) is 5.45. The minimum Gasteiger partial charge on any atom is -0.507 e. The average molecular weight is 364 g/mol. The molecule has 0 fully saturated rings. The summed E-state index contributed by atoms with van der Waals surface area (Å²) in [5.74, 6) is -0.0747. The number of phenolic OH excluding ortho intramolecular Hbond substituents is 1. The number of nitrogens with zero attached hydrogens (tertiary/aromatic N) is 3. The molecule has 0 saturated carbocycles. The van der Waals surface area contributed by atoms with E-state index in [0.29, 0.717) is 12.1 Å². The summed E-state index contributed by atoms with van der Waals surface area (Å²) in [5.41, 5.74) is 2.67. The molecular formula is C21H24N4O2. The van der Waals surface area contributed by atoms with E-state index in [9.17, 15) is 10.2 Å². The van der Waals surface area contributed by atoms with E-state index in [1.54, 1.807) is 6.07 Å². The fourth-order valence-electron chi connectivity index (χ4n) is 3.02. The number of aromatic nitrogens is 2. The summed E-state index contributed by atoms with van der Waals surface area (Å²) in [5, 5.41) is 32.4. The lowest BCUT2D eigenvalue weighted by Crippen LogP contribution is -2.42. The van der Waals surface area contributed by atoms with Crippen LogP contribution in [0.15, 0.2) is 48.8 Å². The lowest BCUT2D eigenvalue weighted by atomic mass is 9.99. The van der Waals surface area contributed by atoms with Gasteiger partial charge in [0, 0.05) is 18.6 Å². The molecule has 2 aromatic carbocycles. The zero-order valence-electron chi connectivity index (χ0n) is 15.6. The van der Waals surface area contributed by atoms with E-state index >= 15 is 0 Å². The van der Waals surface area contributed by atoms with Gasteiger partial charge in [0.1, 0.15) is 11.8 Å². The van der Waals surface area contributed by atoms with Gasteiger partial charge >= 0.3 is 0 Å². The summed E-state index contributed by atoms with van der Waals surface area (Å²) in [6.45, 7) is 5.36. The third kappa shape index (κ3) is 4.45. The maximum atomic E-state index is 10.4. The quantitative estimate of drug-likeness (QED) is 0.599. The Bertz CT molecular complexity index is 972. The molecule has 0 aliphatic rings. The van der Waals surface area contributed by atoms with Gasteiger partial charge in [0.25, 0.3) is 0 Å². The van der Waals surface area contributed by atoms with Crippen molar-refractivity contribution in [1.82, 2.24) is 14.9 Å². The number of fused-ring (bicyclic) bond motifs is 1. The molecule has 0 aliphatic heterocycles. The van der Waals surface area contributed by atoms with Crippen molar-refractivity contribution in [1.29, 1.82) is 5.26 Å². The molecule has 27 heavy (non-hydrogen) atoms. The van der Waals surface area contributed by atoms with Crippen LogP contribution in [0.2, 0.25) is 0 Å². The SMILES string of the molecule is CC(C)(CCn1cnc2ccccc21)NCC(O)c1ccc(O)c(C#N)c1. The first-order valence-corrected chi connectivity index (χ1v) is 8.95. The number of aryl methyl sites for hydroxylation is 1. The fourth-order valence-corrected chi connectivity index (χ4v) is 3.02. The van der Waals surface area contributed by atoms with Crippen LogP contribution in [0.5, 0.6) is 5.75 Å². The lowest BCUT2D eigenvalue weighted by molar-refractivity contribution is 0.158. The number of benzene rings is 2. The first-order valence-electron chi connectivity index (χ1n) is 8.95. The molecule has 6 heteroatoms. The van der Waals surface area contributed by atoms with E-state index in [1.165, 1.54) is 12.1 Å². The Morgan fingerprint density at radius 3 is 2.81 bits per heavy atom. The number of hydrogen-bond donors (Lipinski definition) is 3. The molecule has 140 valence electrons. The van der Waals surface area contributed by atoms with Gasteiger partial charge in [-0.2, -0.15) is 5.26 Å². The second-order valence-electron chi connectivity index (χ2n) is 7.35. The van der Waals surface area contributed by atoms with E-state index in [4.69, 9.17) is 5.26 Å². The summed E-state index contributed by atoms with van der Waals surface area (Å²) < 4.78 is 2.13. The van der Waals surface area contributed by atoms with Crippen molar-refractivity contribution in [3.05, 3.63) is 59.9 Å². The van der Waals surface area contributed by atoms with Gasteiger partial charge in [-0.25, -0.2) is 4.98 Å². The Labute approximate surface area is 158 Å². The summed E-state index contributed by atoms with van der Waals surface area (Å²) in [6, 6.07) is 14.6. The number of aliphatic hydroxyl groups is 1. The van der Waals surface area contributed by atoms with Gasteiger partial charge in [-0.15, -0.1) is 0 Å². The summed E-state index contributed by atoms with van der Waals surface area (Å²) >= 11 is 0. The van der Waals surface area contributed by atoms with Crippen molar-refractivity contribution in [2.45, 2.75) is 38.5 Å². The molecule has 1 atom stereocenters. The van der Waals surface area contributed by atoms with Crippen LogP contribution < -0.4 is 5.32 Å². The van der Waals surface area contributed by atoms with Crippen molar-refractivity contribution in [3.8, 4) is 11.8 Å². The molecule has 0 radical (unpaired) electrons. The first kappa shape index (κ1) is 18.9. The number of imidazole rings is 1. The molecule has 0 saturated heterocycles. The normalized spacial score (nSPS) is 12.8. The molecule has 1 aromatic heterocycles. The number of rotatable bonds is 7. The predicted molar refractivity (Wildman–Crippen MR) is 104 cm³/mol. The van der Waals surface area contributed by atoms with E-state index in [-0.39, 0.29) is 16.9 Å². The van der Waals surface area contributed by atoms with Crippen LogP contribution >= 0.6 is 0 Å². The molecule has 3 rings (SSSR count). The van der Waals surface area contributed by atoms with Gasteiger partial charge < -0.3 is 20.1 Å². The molecule has 3 N–H and O–H groups in total. The Morgan fingerprint density at radius 1 is 1.26 bits per heavy atom. The average Bonchev–Trinajstić information content (AvgIpc) is 3.08. The number of nitriles is 1. The highest BCUT2D eigenvalue weighted by atomic mass is 16.3. The zero-order chi connectivity index (χ0) is 19.4. The minimum atomic E-state index is -0.758. The highest BCUT2D eigenvalue weighted by Crippen LogP contribution is 2.22. The van der Waals surface area contributed by atoms with Crippen molar-refractivity contribution in [3.63, 3.8) is 0 Å². The van der Waals surface area contributed by atoms with E-state index < -0.39 is 6.10 Å². The second kappa shape index (κ2) is 7.78. The number of aliphatic hydroxyl groups excluding tert-OH is 1. The number of β-amino-alcohol motifs (C(OH)–C–C–N with tert-alkyl or cyclic N) is 1. The van der Waals surface area contributed by atoms with Crippen LogP contribution in [0.3, 0.4) is 0 Å². The van der Waals surface area contributed by atoms with Gasteiger partial charge in [0.05, 0.1) is 29.0 Å². The molecule has 1 heterocycles. The summed E-state index contributed by atoms with van der Waals surface area (Å²) in [4.78, 5) is 4.41. The van der Waals surface area contributed by atoms with Gasteiger partial charge in [-0.1, -0.05) is 18.2 Å². The highest BCUT2D eigenvalue weighted by molar-refractivity contribution is 5.74. The molecule has 3 aromatic rings. The third-order valence-electron chi connectivity index (χ3n) is 4.80. The smallest absolute Gasteiger partial charge is 0.133 e. The largest absolute Gasteiger partial charge is 0.507 e. The van der Waals surface area contributed by atoms with Gasteiger partial charge in [0.2, 0.25) is 0 Å². The molecule has 0 amide bonds. The summed E-state index contributed by atoms with van der Waals surface area (Å²) in [6.07, 6.45) is 1.96. The standard InChI is InChI=1S/C21H24N4O2/c1-21(2,9-10-25-14-23-17-5-3-4-6-18(17)25)24-13-20(27)15-7-8-19(26)16(11-15)12-22/h3-8,11,14,20,24,26-27H,9-10,13H2,1-2H3. The van der Waals surface area contributed by atoms with Crippen molar-refractivity contribution in [2.75, 3.05) is 6.54 Å². The van der Waals surface area contributed by atoms with Gasteiger partial charge in [-0.05, 0) is 50.1 Å². The van der Waals surface area contributed by atoms with Crippen molar-refractivity contribution >= 4 is 11.0 Å². The topological polar surface area (TPSA) is 94.1 Å². The molecule has 0 spiro atoms. The number of phenols is 1. The molecule has 6 nitrogen and oxygen atoms in total. The number of nitrogens with one attached hydrogen (secondary N) is 1. The van der Waals surface area contributed by atoms with Crippen LogP contribution in [-0.2, 0) is 6.54 Å². The van der Waals surface area contributed by atoms with Crippen molar-refractivity contribution in [2.24, 2.45) is 0 Å². The van der Waals surface area contributed by atoms with Crippen LogP contribution in [0.25, 0.3) is 11.0 Å². The van der Waals surface area contributed by atoms with Crippen molar-refractivity contribution < 1.29 is 10.2 Å². The molecular weight excluding hydrogens is 340 g/mol. The monoisotopic (exact) mass is 364 g/mol. The molecule has 1 unspecified atom stereocenters. The van der Waals surface area contributed by atoms with Crippen LogP contribution in [0.1, 0.15) is 37.5 Å². The highest BCUT2D eigenvalue weighted by Gasteiger charge is 2.20. The van der Waals surface area contributed by atoms with Crippen LogP contribution in [0.4, 0.5) is 0 Å². The predicted octanol–water partition coefficient (Wildman–Crippen LogP) is 3.11. The minimum absolute atomic E-state index is 0.0747. The summed E-state index contributed by atoms with van der Waals surface area (Å²) in [7, 11) is 0. The van der Waals surface area contributed by atoms with Crippen LogP contribution in [-0.4, -0.2) is 31.8 Å². The van der Waals surface area contributed by atoms with Crippen LogP contribution in [0, 0.1) is 11.3 Å². The van der Waals surface area contributed by atoms with E-state index in [0.717, 1.165) is 24.0 Å². The van der Waals surface area contributed by atoms with E-state index in [1.807, 2.05) is 30.6 Å². The first-order chi connectivity index (χ1) is 12.9. The molecule has 0 aliphatic carbocycles. The lowest BCUT2D eigenvalue weighted by Gasteiger charge is -2.28. The number of aromatic hydroxyl groups is 1. The molecule has 0 bridgehead atoms.